The normalized spacial score (nSPS) is 21.5. The largest absolute Gasteiger partial charge is 0.497 e. The van der Waals surface area contributed by atoms with Crippen LogP contribution in [0, 0.1) is 0 Å². The molecule has 2 rings (SSSR count). The van der Waals surface area contributed by atoms with E-state index in [1.807, 2.05) is 12.1 Å². The highest BCUT2D eigenvalue weighted by Crippen LogP contribution is 2.19. The number of hydrogen-bond acceptors (Lipinski definition) is 4. The maximum Gasteiger partial charge on any atom is 0.119 e. The molecule has 1 unspecified atom stereocenters. The third-order valence-corrected chi connectivity index (χ3v) is 4.15. The van der Waals surface area contributed by atoms with Crippen molar-refractivity contribution in [3.63, 3.8) is 0 Å². The van der Waals surface area contributed by atoms with Crippen LogP contribution in [-0.4, -0.2) is 50.4 Å². The quantitative estimate of drug-likeness (QED) is 0.873. The summed E-state index contributed by atoms with van der Waals surface area (Å²) < 4.78 is 11.1. The van der Waals surface area contributed by atoms with Crippen LogP contribution in [0.5, 0.6) is 5.75 Å². The number of methoxy groups -OCH3 is 1. The average molecular weight is 292 g/mol. The minimum Gasteiger partial charge on any atom is -0.497 e. The number of rotatable bonds is 6. The number of benzene rings is 1. The molecule has 1 aromatic carbocycles. The van der Waals surface area contributed by atoms with Crippen LogP contribution in [0.25, 0.3) is 0 Å². The number of nitrogens with zero attached hydrogens (tertiary/aromatic N) is 1. The first-order chi connectivity index (χ1) is 10.1. The van der Waals surface area contributed by atoms with Crippen LogP contribution < -0.4 is 10.1 Å². The van der Waals surface area contributed by atoms with E-state index in [0.29, 0.717) is 6.04 Å². The molecular formula is C17H28N2O2. The van der Waals surface area contributed by atoms with E-state index in [-0.39, 0.29) is 12.1 Å². The van der Waals surface area contributed by atoms with Gasteiger partial charge in [-0.2, -0.15) is 0 Å². The molecule has 0 aromatic heterocycles. The summed E-state index contributed by atoms with van der Waals surface area (Å²) in [5.41, 5.74) is 1.24. The van der Waals surface area contributed by atoms with E-state index in [9.17, 15) is 0 Å². The maximum absolute atomic E-state index is 5.86. The monoisotopic (exact) mass is 292 g/mol. The molecule has 0 bridgehead atoms. The van der Waals surface area contributed by atoms with E-state index in [4.69, 9.17) is 9.47 Å². The van der Waals surface area contributed by atoms with Gasteiger partial charge in [-0.1, -0.05) is 12.1 Å². The highest BCUT2D eigenvalue weighted by molar-refractivity contribution is 5.30. The van der Waals surface area contributed by atoms with Crippen LogP contribution in [0.2, 0.25) is 0 Å². The molecule has 1 saturated heterocycles. The molecule has 4 nitrogen and oxygen atoms in total. The molecule has 0 saturated carbocycles. The van der Waals surface area contributed by atoms with Crippen LogP contribution in [0.15, 0.2) is 24.3 Å². The van der Waals surface area contributed by atoms with Crippen molar-refractivity contribution < 1.29 is 9.47 Å². The van der Waals surface area contributed by atoms with Crippen molar-refractivity contribution in [3.8, 4) is 5.75 Å². The molecule has 118 valence electrons. The Balaban J connectivity index is 1.84. The molecule has 1 aliphatic rings. The average Bonchev–Trinajstić information content (AvgIpc) is 2.53. The predicted molar refractivity (Wildman–Crippen MR) is 85.9 cm³/mol. The van der Waals surface area contributed by atoms with Crippen molar-refractivity contribution in [2.45, 2.75) is 39.0 Å². The fraction of sp³-hybridized carbons (Fsp3) is 0.647. The summed E-state index contributed by atoms with van der Waals surface area (Å²) in [6.45, 7) is 10.4. The number of nitrogens with one attached hydrogen (secondary N) is 1. The number of morpholine rings is 1. The Kier molecular flexibility index (Phi) is 6.03. The van der Waals surface area contributed by atoms with Gasteiger partial charge >= 0.3 is 0 Å². The second-order valence-corrected chi connectivity index (χ2v) is 5.99. The summed E-state index contributed by atoms with van der Waals surface area (Å²) >= 11 is 0. The van der Waals surface area contributed by atoms with Gasteiger partial charge in [0, 0.05) is 31.7 Å². The molecule has 1 fully saturated rings. The standard InChI is InChI=1S/C17H28N2O2/c1-13(2)19-8-9-21-17(12-19)11-18-14(3)15-6-5-7-16(10-15)20-4/h5-7,10,13-14,17-18H,8-9,11-12H2,1-4H3/t14-,17?/m0/s1. The van der Waals surface area contributed by atoms with Gasteiger partial charge in [0.1, 0.15) is 5.75 Å². The lowest BCUT2D eigenvalue weighted by molar-refractivity contribution is -0.0379. The van der Waals surface area contributed by atoms with E-state index in [1.165, 1.54) is 5.56 Å². The molecule has 1 aliphatic heterocycles. The molecule has 1 aromatic rings. The zero-order valence-corrected chi connectivity index (χ0v) is 13.6. The van der Waals surface area contributed by atoms with Gasteiger partial charge in [0.15, 0.2) is 0 Å². The molecule has 0 aliphatic carbocycles. The van der Waals surface area contributed by atoms with Crippen LogP contribution >= 0.6 is 0 Å². The van der Waals surface area contributed by atoms with Gasteiger partial charge in [0.05, 0.1) is 19.8 Å². The first-order valence-electron chi connectivity index (χ1n) is 7.83. The Bertz CT molecular complexity index is 437. The van der Waals surface area contributed by atoms with Crippen molar-refractivity contribution in [3.05, 3.63) is 29.8 Å². The SMILES string of the molecule is COc1cccc([C@H](C)NCC2CN(C(C)C)CCO2)c1. The Labute approximate surface area is 128 Å². The highest BCUT2D eigenvalue weighted by Gasteiger charge is 2.22. The van der Waals surface area contributed by atoms with Gasteiger partial charge in [-0.3, -0.25) is 4.90 Å². The Morgan fingerprint density at radius 3 is 2.90 bits per heavy atom. The van der Waals surface area contributed by atoms with Crippen molar-refractivity contribution in [1.29, 1.82) is 0 Å². The van der Waals surface area contributed by atoms with Crippen LogP contribution in [-0.2, 0) is 4.74 Å². The maximum atomic E-state index is 5.86. The number of hydrogen-bond donors (Lipinski definition) is 1. The lowest BCUT2D eigenvalue weighted by Gasteiger charge is -2.36. The minimum atomic E-state index is 0.272. The minimum absolute atomic E-state index is 0.272. The molecule has 1 heterocycles. The van der Waals surface area contributed by atoms with Gasteiger partial charge in [0.2, 0.25) is 0 Å². The van der Waals surface area contributed by atoms with Crippen LogP contribution in [0.1, 0.15) is 32.4 Å². The third kappa shape index (κ3) is 4.70. The van der Waals surface area contributed by atoms with Crippen molar-refractivity contribution >= 4 is 0 Å². The highest BCUT2D eigenvalue weighted by atomic mass is 16.5. The number of ether oxygens (including phenoxy) is 2. The predicted octanol–water partition coefficient (Wildman–Crippen LogP) is 2.46. The van der Waals surface area contributed by atoms with Crippen molar-refractivity contribution in [1.82, 2.24) is 10.2 Å². The van der Waals surface area contributed by atoms with Gasteiger partial charge in [-0.25, -0.2) is 0 Å². The summed E-state index contributed by atoms with van der Waals surface area (Å²) in [6.07, 6.45) is 0.272. The molecule has 4 heteroatoms. The Hall–Kier alpha value is -1.10. The van der Waals surface area contributed by atoms with Crippen LogP contribution in [0.3, 0.4) is 0 Å². The zero-order valence-electron chi connectivity index (χ0n) is 13.6. The fourth-order valence-corrected chi connectivity index (χ4v) is 2.67. The summed E-state index contributed by atoms with van der Waals surface area (Å²) in [4.78, 5) is 2.48. The van der Waals surface area contributed by atoms with Gasteiger partial charge in [-0.05, 0) is 38.5 Å². The first-order valence-corrected chi connectivity index (χ1v) is 7.83. The summed E-state index contributed by atoms with van der Waals surface area (Å²) in [5.74, 6) is 0.904. The lowest BCUT2D eigenvalue weighted by atomic mass is 10.1. The lowest BCUT2D eigenvalue weighted by Crippen LogP contribution is -2.49. The Morgan fingerprint density at radius 1 is 1.38 bits per heavy atom. The molecular weight excluding hydrogens is 264 g/mol. The summed E-state index contributed by atoms with van der Waals surface area (Å²) in [6, 6.07) is 9.10. The summed E-state index contributed by atoms with van der Waals surface area (Å²) in [5, 5.41) is 3.57. The van der Waals surface area contributed by atoms with Crippen molar-refractivity contribution in [2.75, 3.05) is 33.4 Å². The molecule has 1 N–H and O–H groups in total. The molecule has 2 atom stereocenters. The first kappa shape index (κ1) is 16.3. The van der Waals surface area contributed by atoms with E-state index in [0.717, 1.165) is 32.0 Å². The molecule has 21 heavy (non-hydrogen) atoms. The smallest absolute Gasteiger partial charge is 0.119 e. The fourth-order valence-electron chi connectivity index (χ4n) is 2.67. The molecule has 0 amide bonds. The Morgan fingerprint density at radius 2 is 2.19 bits per heavy atom. The van der Waals surface area contributed by atoms with E-state index < -0.39 is 0 Å². The van der Waals surface area contributed by atoms with Gasteiger partial charge in [-0.15, -0.1) is 0 Å². The second kappa shape index (κ2) is 7.78. The van der Waals surface area contributed by atoms with Gasteiger partial charge in [0.25, 0.3) is 0 Å². The van der Waals surface area contributed by atoms with Crippen LogP contribution in [0.4, 0.5) is 0 Å². The van der Waals surface area contributed by atoms with Crippen molar-refractivity contribution in [2.24, 2.45) is 0 Å². The van der Waals surface area contributed by atoms with E-state index in [1.54, 1.807) is 7.11 Å². The second-order valence-electron chi connectivity index (χ2n) is 5.99. The third-order valence-electron chi connectivity index (χ3n) is 4.15. The van der Waals surface area contributed by atoms with E-state index in [2.05, 4.69) is 43.1 Å². The zero-order chi connectivity index (χ0) is 15.2. The summed E-state index contributed by atoms with van der Waals surface area (Å²) in [7, 11) is 1.70. The van der Waals surface area contributed by atoms with Gasteiger partial charge < -0.3 is 14.8 Å². The molecule has 0 spiro atoms. The molecule has 0 radical (unpaired) electrons. The van der Waals surface area contributed by atoms with E-state index >= 15 is 0 Å². The topological polar surface area (TPSA) is 33.7 Å².